The highest BCUT2D eigenvalue weighted by molar-refractivity contribution is 5.81. The number of esters is 1. The number of fused-ring (bicyclic) bond motifs is 1. The summed E-state index contributed by atoms with van der Waals surface area (Å²) in [5.74, 6) is -2.96. The Kier molecular flexibility index (Phi) is 6.09. The molecule has 0 saturated heterocycles. The molecule has 5 nitrogen and oxygen atoms in total. The summed E-state index contributed by atoms with van der Waals surface area (Å²) in [5, 5.41) is -0.131. The molecule has 0 spiro atoms. The monoisotopic (exact) mass is 448 g/mol. The van der Waals surface area contributed by atoms with Crippen LogP contribution in [0.2, 0.25) is 0 Å². The van der Waals surface area contributed by atoms with Gasteiger partial charge in [0, 0.05) is 6.07 Å². The molecule has 0 saturated carbocycles. The van der Waals surface area contributed by atoms with Gasteiger partial charge in [-0.25, -0.2) is 0 Å². The zero-order valence-electron chi connectivity index (χ0n) is 18.3. The molecule has 3 rings (SSSR count). The lowest BCUT2D eigenvalue weighted by molar-refractivity contribution is -0.154. The summed E-state index contributed by atoms with van der Waals surface area (Å²) in [7, 11) is 0. The fraction of sp³-hybridized carbons (Fsp3) is 0.333. The van der Waals surface area contributed by atoms with Crippen LogP contribution in [0.4, 0.5) is 13.2 Å². The molecule has 8 heteroatoms. The Bertz CT molecular complexity index is 1230. The molecule has 0 aliphatic heterocycles. The lowest BCUT2D eigenvalue weighted by Crippen LogP contribution is -2.18. The van der Waals surface area contributed by atoms with Gasteiger partial charge in [-0.1, -0.05) is 32.9 Å². The first-order valence-electron chi connectivity index (χ1n) is 9.88. The molecular formula is C24H23F3O5. The molecule has 0 unspecified atom stereocenters. The van der Waals surface area contributed by atoms with Gasteiger partial charge in [0.05, 0.1) is 11.8 Å². The minimum atomic E-state index is -4.99. The van der Waals surface area contributed by atoms with Crippen molar-refractivity contribution in [1.82, 2.24) is 0 Å². The highest BCUT2D eigenvalue weighted by Crippen LogP contribution is 2.39. The normalized spacial score (nSPS) is 12.1. The van der Waals surface area contributed by atoms with E-state index in [4.69, 9.17) is 13.9 Å². The molecule has 170 valence electrons. The fourth-order valence-electron chi connectivity index (χ4n) is 3.03. The van der Waals surface area contributed by atoms with Gasteiger partial charge < -0.3 is 13.9 Å². The number of carbonyl (C=O) groups is 1. The number of halogens is 3. The van der Waals surface area contributed by atoms with Crippen molar-refractivity contribution in [3.8, 4) is 17.2 Å². The molecule has 0 aliphatic carbocycles. The van der Waals surface area contributed by atoms with E-state index in [2.05, 4.69) is 0 Å². The van der Waals surface area contributed by atoms with Crippen LogP contribution in [0.5, 0.6) is 17.2 Å². The van der Waals surface area contributed by atoms with E-state index < -0.39 is 29.1 Å². The first kappa shape index (κ1) is 23.4. The predicted octanol–water partition coefficient (Wildman–Crippen LogP) is 6.56. The van der Waals surface area contributed by atoms with Crippen LogP contribution in [-0.2, 0) is 11.0 Å². The van der Waals surface area contributed by atoms with Crippen LogP contribution in [0, 0.1) is 19.3 Å². The summed E-state index contributed by atoms with van der Waals surface area (Å²) in [5.41, 5.74) is -0.358. The van der Waals surface area contributed by atoms with Crippen LogP contribution in [0.25, 0.3) is 11.0 Å². The Morgan fingerprint density at radius 1 is 1.03 bits per heavy atom. The van der Waals surface area contributed by atoms with Crippen molar-refractivity contribution in [3.05, 3.63) is 63.5 Å². The van der Waals surface area contributed by atoms with E-state index in [0.29, 0.717) is 5.56 Å². The maximum absolute atomic E-state index is 13.7. The number of carbonyl (C=O) groups excluding carboxylic acids is 1. The summed E-state index contributed by atoms with van der Waals surface area (Å²) in [6, 6.07) is 8.66. The van der Waals surface area contributed by atoms with Gasteiger partial charge >= 0.3 is 12.1 Å². The fourth-order valence-corrected chi connectivity index (χ4v) is 3.03. The second kappa shape index (κ2) is 8.33. The molecule has 0 N–H and O–H groups in total. The van der Waals surface area contributed by atoms with Crippen LogP contribution >= 0.6 is 0 Å². The van der Waals surface area contributed by atoms with Crippen molar-refractivity contribution in [3.63, 3.8) is 0 Å². The van der Waals surface area contributed by atoms with E-state index >= 15 is 0 Å². The SMILES string of the molecule is Cc1ccc(C)c(Oc2c(C(F)(F)F)oc3cc(OC(=O)CC(C)(C)C)ccc3c2=O)c1. The third-order valence-electron chi connectivity index (χ3n) is 4.54. The van der Waals surface area contributed by atoms with E-state index in [1.165, 1.54) is 18.2 Å². The molecule has 0 amide bonds. The van der Waals surface area contributed by atoms with E-state index in [1.807, 2.05) is 20.8 Å². The number of rotatable bonds is 4. The third kappa shape index (κ3) is 5.30. The molecule has 1 aromatic heterocycles. The Balaban J connectivity index is 2.09. The lowest BCUT2D eigenvalue weighted by atomic mass is 9.92. The zero-order chi connectivity index (χ0) is 23.8. The summed E-state index contributed by atoms with van der Waals surface area (Å²) < 4.78 is 56.9. The summed E-state index contributed by atoms with van der Waals surface area (Å²) >= 11 is 0. The second-order valence-electron chi connectivity index (χ2n) is 8.83. The second-order valence-corrected chi connectivity index (χ2v) is 8.83. The number of hydrogen-bond donors (Lipinski definition) is 0. The van der Waals surface area contributed by atoms with Crippen LogP contribution in [-0.4, -0.2) is 5.97 Å². The number of ether oxygens (including phenoxy) is 2. The van der Waals surface area contributed by atoms with Gasteiger partial charge in [0.15, 0.2) is 0 Å². The molecule has 32 heavy (non-hydrogen) atoms. The van der Waals surface area contributed by atoms with Crippen LogP contribution in [0.1, 0.15) is 44.1 Å². The first-order valence-corrected chi connectivity index (χ1v) is 9.88. The van der Waals surface area contributed by atoms with Crippen molar-refractivity contribution in [2.45, 2.75) is 47.2 Å². The summed E-state index contributed by atoms with van der Waals surface area (Å²) in [6.07, 6.45) is -4.88. The average molecular weight is 448 g/mol. The zero-order valence-corrected chi connectivity index (χ0v) is 18.3. The van der Waals surface area contributed by atoms with Crippen molar-refractivity contribution in [2.24, 2.45) is 5.41 Å². The van der Waals surface area contributed by atoms with Gasteiger partial charge in [0.1, 0.15) is 17.1 Å². The van der Waals surface area contributed by atoms with Crippen LogP contribution < -0.4 is 14.9 Å². The number of aryl methyl sites for hydroxylation is 2. The highest BCUT2D eigenvalue weighted by Gasteiger charge is 2.40. The van der Waals surface area contributed by atoms with Crippen LogP contribution in [0.3, 0.4) is 0 Å². The van der Waals surface area contributed by atoms with Crippen molar-refractivity contribution in [1.29, 1.82) is 0 Å². The molecular weight excluding hydrogens is 425 g/mol. The predicted molar refractivity (Wildman–Crippen MR) is 113 cm³/mol. The average Bonchev–Trinajstić information content (AvgIpc) is 2.64. The van der Waals surface area contributed by atoms with Gasteiger partial charge in [-0.3, -0.25) is 9.59 Å². The standard InChI is InChI=1S/C24H23F3O5/c1-13-6-7-14(2)17(10-13)31-21-20(29)16-9-8-15(30-19(28)12-23(3,4)5)11-18(16)32-22(21)24(25,26)27/h6-11H,12H2,1-5H3. The Morgan fingerprint density at radius 3 is 2.34 bits per heavy atom. The van der Waals surface area contributed by atoms with Gasteiger partial charge in [0.25, 0.3) is 5.76 Å². The van der Waals surface area contributed by atoms with Gasteiger partial charge in [-0.05, 0) is 48.6 Å². The molecule has 0 atom stereocenters. The molecule has 0 radical (unpaired) electrons. The Morgan fingerprint density at radius 2 is 1.72 bits per heavy atom. The molecule has 0 aliphatic rings. The van der Waals surface area contributed by atoms with Gasteiger partial charge in [-0.2, -0.15) is 13.2 Å². The number of benzene rings is 2. The van der Waals surface area contributed by atoms with E-state index in [0.717, 1.165) is 11.6 Å². The Hall–Kier alpha value is -3.29. The maximum atomic E-state index is 13.7. The largest absolute Gasteiger partial charge is 0.453 e. The summed E-state index contributed by atoms with van der Waals surface area (Å²) in [4.78, 5) is 25.0. The summed E-state index contributed by atoms with van der Waals surface area (Å²) in [6.45, 7) is 8.95. The van der Waals surface area contributed by atoms with Crippen molar-refractivity contribution in [2.75, 3.05) is 0 Å². The smallest absolute Gasteiger partial charge is 0.449 e. The molecule has 0 bridgehead atoms. The first-order chi connectivity index (χ1) is 14.7. The molecule has 2 aromatic carbocycles. The molecule has 3 aromatic rings. The van der Waals surface area contributed by atoms with Crippen molar-refractivity contribution < 1.29 is 31.9 Å². The van der Waals surface area contributed by atoms with E-state index in [1.54, 1.807) is 26.0 Å². The Labute approximate surface area is 182 Å². The topological polar surface area (TPSA) is 65.7 Å². The van der Waals surface area contributed by atoms with Crippen LogP contribution in [0.15, 0.2) is 45.6 Å². The minimum Gasteiger partial charge on any atom is -0.449 e. The molecule has 1 heterocycles. The van der Waals surface area contributed by atoms with Crippen molar-refractivity contribution >= 4 is 16.9 Å². The molecule has 0 fully saturated rings. The number of hydrogen-bond acceptors (Lipinski definition) is 5. The maximum Gasteiger partial charge on any atom is 0.453 e. The number of alkyl halides is 3. The lowest BCUT2D eigenvalue weighted by Gasteiger charge is -2.17. The third-order valence-corrected chi connectivity index (χ3v) is 4.54. The minimum absolute atomic E-state index is 0.0220. The van der Waals surface area contributed by atoms with Gasteiger partial charge in [-0.15, -0.1) is 0 Å². The van der Waals surface area contributed by atoms with E-state index in [9.17, 15) is 22.8 Å². The quantitative estimate of drug-likeness (QED) is 0.334. The van der Waals surface area contributed by atoms with E-state index in [-0.39, 0.29) is 34.3 Å². The highest BCUT2D eigenvalue weighted by atomic mass is 19.4. The van der Waals surface area contributed by atoms with Gasteiger partial charge in [0.2, 0.25) is 11.2 Å².